The Morgan fingerprint density at radius 2 is 1.10 bits per heavy atom. The van der Waals surface area contributed by atoms with Crippen LogP contribution in [0.1, 0.15) is 37.3 Å². The molecule has 52 heavy (non-hydrogen) atoms. The molecule has 0 aliphatic carbocycles. The largest absolute Gasteiger partial charge is 0.504 e. The third kappa shape index (κ3) is 6.24. The van der Waals surface area contributed by atoms with Gasteiger partial charge < -0.3 is 70.6 Å². The molecule has 0 unspecified atom stereocenters. The lowest BCUT2D eigenvalue weighted by Crippen LogP contribution is -2.41. The number of hydrogen-bond acceptors (Lipinski definition) is 20. The number of fused-ring (bicyclic) bond motifs is 1. The molecule has 5 aromatic rings. The smallest absolute Gasteiger partial charge is 0.338 e. The van der Waals surface area contributed by atoms with Crippen LogP contribution in [-0.4, -0.2) is 108 Å². The van der Waals surface area contributed by atoms with Gasteiger partial charge in [-0.05, 0) is 36.4 Å². The lowest BCUT2D eigenvalue weighted by Gasteiger charge is -2.25. The van der Waals surface area contributed by atoms with Gasteiger partial charge in [0.1, 0.15) is 24.6 Å². The molecule has 11 N–H and O–H groups in total. The van der Waals surface area contributed by atoms with Crippen LogP contribution in [0.2, 0.25) is 0 Å². The molecule has 4 atom stereocenters. The van der Waals surface area contributed by atoms with E-state index in [1.165, 1.54) is 4.57 Å². The zero-order valence-corrected chi connectivity index (χ0v) is 25.9. The number of carbonyl (C=O) groups is 3. The first-order valence-electron chi connectivity index (χ1n) is 14.6. The van der Waals surface area contributed by atoms with Crippen molar-refractivity contribution in [2.24, 2.45) is 0 Å². The van der Waals surface area contributed by atoms with E-state index >= 15 is 0 Å². The summed E-state index contributed by atoms with van der Waals surface area (Å²) in [6, 6.07) is 4.57. The number of rotatable bonds is 8. The molecule has 3 aromatic carbocycles. The highest BCUT2D eigenvalue weighted by molar-refractivity contribution is 5.93. The zero-order valence-electron chi connectivity index (χ0n) is 25.9. The lowest BCUT2D eigenvalue weighted by molar-refractivity contribution is -0.0606. The number of nitrogens with zero attached hydrogens (tertiary/aromatic N) is 4. The fraction of sp³-hybridized carbons (Fsp3) is 0.161. The van der Waals surface area contributed by atoms with Crippen molar-refractivity contribution in [1.29, 1.82) is 0 Å². The maximum Gasteiger partial charge on any atom is 0.338 e. The van der Waals surface area contributed by atoms with Crippen molar-refractivity contribution in [2.75, 3.05) is 12.3 Å². The molecule has 1 aliphatic heterocycles. The van der Waals surface area contributed by atoms with Gasteiger partial charge in [0.05, 0.1) is 23.0 Å². The summed E-state index contributed by atoms with van der Waals surface area (Å²) in [5, 5.41) is 88.9. The minimum atomic E-state index is -1.77. The molecule has 21 nitrogen and oxygen atoms in total. The van der Waals surface area contributed by atoms with Crippen molar-refractivity contribution in [2.45, 2.75) is 24.5 Å². The molecule has 0 saturated carbocycles. The van der Waals surface area contributed by atoms with Crippen molar-refractivity contribution in [3.8, 4) is 51.7 Å². The Labute approximate surface area is 288 Å². The molecule has 0 radical (unpaired) electrons. The second-order valence-corrected chi connectivity index (χ2v) is 11.1. The van der Waals surface area contributed by atoms with E-state index in [2.05, 4.69) is 15.0 Å². The first kappa shape index (κ1) is 34.4. The van der Waals surface area contributed by atoms with Gasteiger partial charge in [-0.3, -0.25) is 4.57 Å². The van der Waals surface area contributed by atoms with Crippen molar-refractivity contribution >= 4 is 34.9 Å². The van der Waals surface area contributed by atoms with Crippen LogP contribution in [0.5, 0.6) is 51.7 Å². The van der Waals surface area contributed by atoms with Crippen LogP contribution in [0.15, 0.2) is 49.1 Å². The van der Waals surface area contributed by atoms with Crippen LogP contribution in [0.25, 0.3) is 11.2 Å². The molecule has 0 amide bonds. The van der Waals surface area contributed by atoms with Crippen LogP contribution in [0.3, 0.4) is 0 Å². The Morgan fingerprint density at radius 1 is 0.654 bits per heavy atom. The van der Waals surface area contributed by atoms with Crippen molar-refractivity contribution in [3.05, 3.63) is 65.7 Å². The zero-order chi connectivity index (χ0) is 37.6. The highest BCUT2D eigenvalue weighted by Gasteiger charge is 2.52. The van der Waals surface area contributed by atoms with Gasteiger partial charge in [0.15, 0.2) is 81.6 Å². The van der Waals surface area contributed by atoms with Crippen LogP contribution in [-0.2, 0) is 18.9 Å². The van der Waals surface area contributed by atoms with Gasteiger partial charge in [-0.25, -0.2) is 29.3 Å². The third-order valence-electron chi connectivity index (χ3n) is 7.73. The summed E-state index contributed by atoms with van der Waals surface area (Å²) in [5.41, 5.74) is 4.55. The predicted octanol–water partition coefficient (Wildman–Crippen LogP) is 0.964. The number of anilines is 1. The summed E-state index contributed by atoms with van der Waals surface area (Å²) >= 11 is 0. The maximum atomic E-state index is 13.5. The number of nitrogens with two attached hydrogens (primary N) is 1. The molecular weight excluding hydrogens is 698 g/mol. The fourth-order valence-corrected chi connectivity index (χ4v) is 5.18. The van der Waals surface area contributed by atoms with Crippen LogP contribution in [0.4, 0.5) is 5.82 Å². The maximum absolute atomic E-state index is 13.5. The van der Waals surface area contributed by atoms with Gasteiger partial charge in [-0.2, -0.15) is 0 Å². The topological polar surface area (TPSA) is 340 Å². The summed E-state index contributed by atoms with van der Waals surface area (Å²) in [6.45, 7) is -0.805. The van der Waals surface area contributed by atoms with Gasteiger partial charge in [0, 0.05) is 0 Å². The normalized spacial score (nSPS) is 18.2. The van der Waals surface area contributed by atoms with Gasteiger partial charge in [-0.1, -0.05) is 0 Å². The molecule has 0 spiro atoms. The average Bonchev–Trinajstić information content (AvgIpc) is 3.68. The molecule has 1 saturated heterocycles. The summed E-state index contributed by atoms with van der Waals surface area (Å²) in [6.07, 6.45) is -4.40. The second kappa shape index (κ2) is 13.1. The van der Waals surface area contributed by atoms with Gasteiger partial charge in [0.25, 0.3) is 0 Å². The molecule has 21 heteroatoms. The van der Waals surface area contributed by atoms with E-state index in [0.29, 0.717) is 0 Å². The highest BCUT2D eigenvalue weighted by Crippen LogP contribution is 2.41. The Balaban J connectivity index is 1.41. The van der Waals surface area contributed by atoms with Crippen LogP contribution in [0, 0.1) is 0 Å². The first-order chi connectivity index (χ1) is 24.6. The van der Waals surface area contributed by atoms with E-state index in [4.69, 9.17) is 24.7 Å². The number of imidazole rings is 1. The van der Waals surface area contributed by atoms with Crippen LogP contribution >= 0.6 is 0 Å². The van der Waals surface area contributed by atoms with E-state index in [1.54, 1.807) is 0 Å². The monoisotopic (exact) mass is 723 g/mol. The number of aromatic hydroxyl groups is 9. The van der Waals surface area contributed by atoms with Gasteiger partial charge in [-0.15, -0.1) is 0 Å². The molecule has 1 aliphatic rings. The summed E-state index contributed by atoms with van der Waals surface area (Å²) in [5.74, 6) is -12.0. The molecule has 2 aromatic heterocycles. The molecule has 6 rings (SSSR count). The molecule has 1 fully saturated rings. The van der Waals surface area contributed by atoms with E-state index in [0.717, 1.165) is 49.1 Å². The molecular formula is C31H25N5O16. The number of ether oxygens (including phenoxy) is 4. The quantitative estimate of drug-likeness (QED) is 0.0605. The Kier molecular flexibility index (Phi) is 8.70. The fourth-order valence-electron chi connectivity index (χ4n) is 5.18. The van der Waals surface area contributed by atoms with E-state index in [1.807, 2.05) is 0 Å². The minimum absolute atomic E-state index is 0.0182. The Morgan fingerprint density at radius 3 is 1.58 bits per heavy atom. The number of benzene rings is 3. The average molecular weight is 724 g/mol. The van der Waals surface area contributed by atoms with E-state index in [-0.39, 0.29) is 17.0 Å². The summed E-state index contributed by atoms with van der Waals surface area (Å²) in [7, 11) is 0. The Bertz CT molecular complexity index is 2190. The summed E-state index contributed by atoms with van der Waals surface area (Å²) in [4.78, 5) is 52.0. The predicted molar refractivity (Wildman–Crippen MR) is 167 cm³/mol. The first-order valence-corrected chi connectivity index (χ1v) is 14.6. The summed E-state index contributed by atoms with van der Waals surface area (Å²) < 4.78 is 24.0. The van der Waals surface area contributed by atoms with Crippen molar-refractivity contribution in [3.63, 3.8) is 0 Å². The molecule has 0 bridgehead atoms. The standard InChI is InChI=1S/C31H25N5O16/c32-26-20-27(34-8-33-26)36(9-35-20)28-25(52-31(48)12-5-17(41)23(45)18(42)6-12)24(51-30(47)11-3-15(39)22(44)16(40)4-11)19(50-28)7-49-29(46)10-1-13(37)21(43)14(38)2-10/h1-6,8-9,19,24-25,28,37-45H,7H2,(H2,32,33,34)/t19-,24-,25-,28-/m1/s1. The van der Waals surface area contributed by atoms with Gasteiger partial charge >= 0.3 is 17.9 Å². The van der Waals surface area contributed by atoms with E-state index in [9.17, 15) is 60.3 Å². The van der Waals surface area contributed by atoms with Gasteiger partial charge in [0.2, 0.25) is 0 Å². The number of phenols is 9. The van der Waals surface area contributed by atoms with Crippen LogP contribution < -0.4 is 5.73 Å². The molecule has 270 valence electrons. The van der Waals surface area contributed by atoms with Crippen molar-refractivity contribution in [1.82, 2.24) is 19.5 Å². The Hall–Kier alpha value is -7.42. The number of hydrogen-bond donors (Lipinski definition) is 10. The number of aromatic nitrogens is 4. The number of phenolic OH excluding ortho intramolecular Hbond substituents is 9. The number of carbonyl (C=O) groups excluding carboxylic acids is 3. The van der Waals surface area contributed by atoms with Crippen molar-refractivity contribution < 1.29 is 79.3 Å². The lowest BCUT2D eigenvalue weighted by atomic mass is 10.1. The third-order valence-corrected chi connectivity index (χ3v) is 7.73. The van der Waals surface area contributed by atoms with E-state index < -0.39 is 117 Å². The number of nitrogen functional groups attached to an aromatic ring is 1. The second-order valence-electron chi connectivity index (χ2n) is 11.1. The molecule has 3 heterocycles. The minimum Gasteiger partial charge on any atom is -0.504 e. The number of esters is 3. The highest BCUT2D eigenvalue weighted by atomic mass is 16.7. The SMILES string of the molecule is Nc1ncnc2c1ncn2[C@@H]1O[C@H](COC(=O)c2cc(O)c(O)c(O)c2)[C@@H](OC(=O)c2cc(O)c(O)c(O)c2)[C@H]1OC(=O)c1cc(O)c(O)c(O)c1.